The molecule has 2 aromatic carbocycles. The molecule has 1 fully saturated rings. The summed E-state index contributed by atoms with van der Waals surface area (Å²) >= 11 is 0. The van der Waals surface area contributed by atoms with Crippen LogP contribution in [0, 0.1) is 5.92 Å². The van der Waals surface area contributed by atoms with Crippen LogP contribution in [0.1, 0.15) is 23.2 Å². The van der Waals surface area contributed by atoms with Gasteiger partial charge in [0.2, 0.25) is 0 Å². The maximum atomic E-state index is 12.8. The van der Waals surface area contributed by atoms with Crippen LogP contribution in [0.5, 0.6) is 5.75 Å². The molecule has 0 atom stereocenters. The van der Waals surface area contributed by atoms with Gasteiger partial charge < -0.3 is 15.0 Å². The van der Waals surface area contributed by atoms with Crippen LogP contribution in [0.4, 0.5) is 11.4 Å². The Kier molecular flexibility index (Phi) is 5.31. The highest BCUT2D eigenvalue weighted by Crippen LogP contribution is 2.32. The molecule has 0 aliphatic heterocycles. The average molecular weight is 352 g/mol. The Labute approximate surface area is 151 Å². The van der Waals surface area contributed by atoms with Crippen molar-refractivity contribution in [2.75, 3.05) is 23.9 Å². The summed E-state index contributed by atoms with van der Waals surface area (Å²) in [6, 6.07) is 13.6. The fraction of sp³-hybridized carbons (Fsp3) is 0.250. The first-order valence-corrected chi connectivity index (χ1v) is 8.43. The molecule has 6 heteroatoms. The van der Waals surface area contributed by atoms with Gasteiger partial charge in [0.1, 0.15) is 5.75 Å². The van der Waals surface area contributed by atoms with Crippen molar-refractivity contribution in [3.05, 3.63) is 54.1 Å². The van der Waals surface area contributed by atoms with Crippen molar-refractivity contribution in [1.29, 1.82) is 0 Å². The number of anilines is 2. The molecule has 0 unspecified atom stereocenters. The number of benzene rings is 2. The first-order chi connectivity index (χ1) is 12.6. The van der Waals surface area contributed by atoms with Crippen LogP contribution in [0.25, 0.3) is 0 Å². The van der Waals surface area contributed by atoms with Gasteiger partial charge in [-0.05, 0) is 55.2 Å². The summed E-state index contributed by atoms with van der Waals surface area (Å²) in [6.07, 6.45) is 2.75. The topological polar surface area (TPSA) is 75.7 Å². The molecule has 26 heavy (non-hydrogen) atoms. The van der Waals surface area contributed by atoms with Gasteiger partial charge in [-0.3, -0.25) is 14.4 Å². The van der Waals surface area contributed by atoms with Gasteiger partial charge in [0, 0.05) is 17.8 Å². The monoisotopic (exact) mass is 352 g/mol. The number of carbonyl (C=O) groups excluding carboxylic acids is 3. The van der Waals surface area contributed by atoms with E-state index in [1.807, 2.05) is 0 Å². The predicted octanol–water partition coefficient (Wildman–Crippen LogP) is 2.89. The van der Waals surface area contributed by atoms with Gasteiger partial charge in [0.25, 0.3) is 0 Å². The smallest absolute Gasteiger partial charge is 0.316 e. The van der Waals surface area contributed by atoms with Crippen LogP contribution in [0.15, 0.2) is 48.5 Å². The minimum absolute atomic E-state index is 0.321. The molecule has 0 bridgehead atoms. The van der Waals surface area contributed by atoms with E-state index in [0.29, 0.717) is 41.4 Å². The second kappa shape index (κ2) is 7.82. The number of carbonyl (C=O) groups is 3. The van der Waals surface area contributed by atoms with Crippen LogP contribution in [0.3, 0.4) is 0 Å². The van der Waals surface area contributed by atoms with E-state index in [-0.39, 0.29) is 0 Å². The highest BCUT2D eigenvalue weighted by Gasteiger charge is 2.31. The number of methoxy groups -OCH3 is 1. The number of para-hydroxylation sites is 1. The predicted molar refractivity (Wildman–Crippen MR) is 98.5 cm³/mol. The van der Waals surface area contributed by atoms with Crippen LogP contribution in [-0.2, 0) is 9.59 Å². The zero-order chi connectivity index (χ0) is 18.5. The van der Waals surface area contributed by atoms with Crippen LogP contribution < -0.4 is 15.0 Å². The van der Waals surface area contributed by atoms with E-state index in [9.17, 15) is 14.4 Å². The molecule has 1 aliphatic carbocycles. The SMILES string of the molecule is COc1ccc(N(CC2CC2)C(=O)C(=O)Nc2ccccc2C=O)cc1. The summed E-state index contributed by atoms with van der Waals surface area (Å²) in [4.78, 5) is 37.8. The Balaban J connectivity index is 1.79. The van der Waals surface area contributed by atoms with E-state index in [1.165, 1.54) is 4.90 Å². The number of aldehydes is 1. The number of ether oxygens (including phenoxy) is 1. The number of nitrogens with one attached hydrogen (secondary N) is 1. The van der Waals surface area contributed by atoms with Gasteiger partial charge >= 0.3 is 11.8 Å². The largest absolute Gasteiger partial charge is 0.497 e. The van der Waals surface area contributed by atoms with Crippen LogP contribution in [-0.4, -0.2) is 31.8 Å². The van der Waals surface area contributed by atoms with E-state index in [2.05, 4.69) is 5.32 Å². The quantitative estimate of drug-likeness (QED) is 0.641. The van der Waals surface area contributed by atoms with Crippen molar-refractivity contribution in [3.63, 3.8) is 0 Å². The minimum Gasteiger partial charge on any atom is -0.497 e. The van der Waals surface area contributed by atoms with E-state index in [0.717, 1.165) is 12.8 Å². The van der Waals surface area contributed by atoms with Gasteiger partial charge in [-0.25, -0.2) is 0 Å². The van der Waals surface area contributed by atoms with Crippen molar-refractivity contribution in [2.24, 2.45) is 5.92 Å². The molecule has 2 aromatic rings. The van der Waals surface area contributed by atoms with E-state index in [4.69, 9.17) is 4.74 Å². The number of hydrogen-bond donors (Lipinski definition) is 1. The molecule has 0 saturated heterocycles. The Bertz CT molecular complexity index is 813. The lowest BCUT2D eigenvalue weighted by Crippen LogP contribution is -2.41. The first kappa shape index (κ1) is 17.7. The number of hydrogen-bond acceptors (Lipinski definition) is 4. The Morgan fingerprint density at radius 2 is 1.85 bits per heavy atom. The van der Waals surface area contributed by atoms with Gasteiger partial charge in [-0.2, -0.15) is 0 Å². The molecule has 1 N–H and O–H groups in total. The normalized spacial score (nSPS) is 13.0. The Morgan fingerprint density at radius 3 is 2.46 bits per heavy atom. The molecule has 1 saturated carbocycles. The molecule has 3 rings (SSSR count). The van der Waals surface area contributed by atoms with Crippen molar-refractivity contribution < 1.29 is 19.1 Å². The highest BCUT2D eigenvalue weighted by molar-refractivity contribution is 6.44. The van der Waals surface area contributed by atoms with Gasteiger partial charge in [-0.15, -0.1) is 0 Å². The summed E-state index contributed by atoms with van der Waals surface area (Å²) in [5.41, 5.74) is 1.29. The van der Waals surface area contributed by atoms with Gasteiger partial charge in [0.05, 0.1) is 12.8 Å². The van der Waals surface area contributed by atoms with Crippen LogP contribution in [0.2, 0.25) is 0 Å². The zero-order valence-corrected chi connectivity index (χ0v) is 14.5. The van der Waals surface area contributed by atoms with Crippen molar-refractivity contribution in [3.8, 4) is 5.75 Å². The molecule has 134 valence electrons. The molecule has 1 aliphatic rings. The maximum Gasteiger partial charge on any atom is 0.316 e. The summed E-state index contributed by atoms with van der Waals surface area (Å²) in [7, 11) is 1.57. The molecule has 0 aromatic heterocycles. The standard InChI is InChI=1S/C20H20N2O4/c1-26-17-10-8-16(9-11-17)22(12-14-6-7-14)20(25)19(24)21-18-5-3-2-4-15(18)13-23/h2-5,8-11,13-14H,6-7,12H2,1H3,(H,21,24). The summed E-state index contributed by atoms with van der Waals surface area (Å²) in [5, 5.41) is 2.54. The van der Waals surface area contributed by atoms with Gasteiger partial charge in [0.15, 0.2) is 6.29 Å². The third-order valence-corrected chi connectivity index (χ3v) is 4.30. The molecule has 0 spiro atoms. The van der Waals surface area contributed by atoms with E-state index < -0.39 is 11.8 Å². The highest BCUT2D eigenvalue weighted by atomic mass is 16.5. The fourth-order valence-electron chi connectivity index (χ4n) is 2.64. The maximum absolute atomic E-state index is 12.8. The van der Waals surface area contributed by atoms with E-state index >= 15 is 0 Å². The molecular weight excluding hydrogens is 332 g/mol. The lowest BCUT2D eigenvalue weighted by atomic mass is 10.2. The first-order valence-electron chi connectivity index (χ1n) is 8.43. The van der Waals surface area contributed by atoms with Gasteiger partial charge in [-0.1, -0.05) is 12.1 Å². The number of amides is 2. The lowest BCUT2D eigenvalue weighted by Gasteiger charge is -2.22. The number of rotatable bonds is 6. The third-order valence-electron chi connectivity index (χ3n) is 4.30. The zero-order valence-electron chi connectivity index (χ0n) is 14.5. The van der Waals surface area contributed by atoms with Crippen molar-refractivity contribution in [1.82, 2.24) is 0 Å². The summed E-state index contributed by atoms with van der Waals surface area (Å²) < 4.78 is 5.14. The van der Waals surface area contributed by atoms with Crippen molar-refractivity contribution >= 4 is 29.5 Å². The number of nitrogens with zero attached hydrogens (tertiary/aromatic N) is 1. The molecule has 0 radical (unpaired) electrons. The van der Waals surface area contributed by atoms with Crippen LogP contribution >= 0.6 is 0 Å². The Hall–Kier alpha value is -3.15. The average Bonchev–Trinajstić information content (AvgIpc) is 3.50. The second-order valence-electron chi connectivity index (χ2n) is 6.22. The Morgan fingerprint density at radius 1 is 1.15 bits per heavy atom. The minimum atomic E-state index is -0.768. The molecule has 6 nitrogen and oxygen atoms in total. The summed E-state index contributed by atoms with van der Waals surface area (Å²) in [5.74, 6) is -0.327. The lowest BCUT2D eigenvalue weighted by molar-refractivity contribution is -0.134. The summed E-state index contributed by atoms with van der Waals surface area (Å²) in [6.45, 7) is 0.494. The molecule has 2 amide bonds. The van der Waals surface area contributed by atoms with Crippen molar-refractivity contribution in [2.45, 2.75) is 12.8 Å². The van der Waals surface area contributed by atoms with E-state index in [1.54, 1.807) is 55.6 Å². The second-order valence-corrected chi connectivity index (χ2v) is 6.22. The fourth-order valence-corrected chi connectivity index (χ4v) is 2.64. The third kappa shape index (κ3) is 4.08. The molecular formula is C20H20N2O4. The molecule has 0 heterocycles.